The Morgan fingerprint density at radius 2 is 1.73 bits per heavy atom. The van der Waals surface area contributed by atoms with Gasteiger partial charge in [0, 0.05) is 48.7 Å². The molecule has 0 aliphatic carbocycles. The molecule has 212 valence electrons. The van der Waals surface area contributed by atoms with Gasteiger partial charge in [0.1, 0.15) is 0 Å². The first-order chi connectivity index (χ1) is 19.2. The van der Waals surface area contributed by atoms with Gasteiger partial charge in [-0.2, -0.15) is 0 Å². The lowest BCUT2D eigenvalue weighted by atomic mass is 9.84. The van der Waals surface area contributed by atoms with E-state index >= 15 is 0 Å². The zero-order valence-corrected chi connectivity index (χ0v) is 23.7. The highest BCUT2D eigenvalue weighted by Gasteiger charge is 2.41. The van der Waals surface area contributed by atoms with Crippen molar-refractivity contribution in [1.29, 1.82) is 0 Å². The van der Waals surface area contributed by atoms with Gasteiger partial charge in [0.05, 0.1) is 24.4 Å². The SMILES string of the molecule is CC(=O)Nc1cccc([C@H]2O[C@@H](CN3CCC(O)(c4ccc(Cl)cc4)CC3)[C@@H](C)[C@@H](c3ccc(CO)cc3)O2)c1. The van der Waals surface area contributed by atoms with Crippen molar-refractivity contribution < 1.29 is 24.5 Å². The van der Waals surface area contributed by atoms with E-state index in [-0.39, 0.29) is 30.6 Å². The number of amides is 1. The fourth-order valence-electron chi connectivity index (χ4n) is 5.70. The quantitative estimate of drug-likeness (QED) is 0.348. The third kappa shape index (κ3) is 6.57. The predicted octanol–water partition coefficient (Wildman–Crippen LogP) is 5.57. The van der Waals surface area contributed by atoms with Crippen LogP contribution in [0.3, 0.4) is 0 Å². The summed E-state index contributed by atoms with van der Waals surface area (Å²) in [7, 11) is 0. The Morgan fingerprint density at radius 1 is 1.02 bits per heavy atom. The van der Waals surface area contributed by atoms with E-state index in [0.717, 1.165) is 35.3 Å². The monoisotopic (exact) mass is 564 g/mol. The van der Waals surface area contributed by atoms with Gasteiger partial charge in [0.15, 0.2) is 6.29 Å². The van der Waals surface area contributed by atoms with E-state index in [2.05, 4.69) is 17.1 Å². The van der Waals surface area contributed by atoms with Crippen molar-refractivity contribution >= 4 is 23.2 Å². The molecule has 4 atom stereocenters. The Hall–Kier alpha value is -2.78. The molecule has 0 aromatic heterocycles. The zero-order chi connectivity index (χ0) is 28.3. The number of piperidine rings is 1. The molecule has 3 aromatic carbocycles. The largest absolute Gasteiger partial charge is 0.392 e. The second kappa shape index (κ2) is 12.4. The molecule has 7 nitrogen and oxygen atoms in total. The number of nitrogens with one attached hydrogen (secondary N) is 1. The summed E-state index contributed by atoms with van der Waals surface area (Å²) in [6.07, 6.45) is 0.276. The first kappa shape index (κ1) is 28.7. The van der Waals surface area contributed by atoms with Gasteiger partial charge in [-0.3, -0.25) is 4.79 Å². The van der Waals surface area contributed by atoms with Crippen molar-refractivity contribution in [3.63, 3.8) is 0 Å². The van der Waals surface area contributed by atoms with Crippen LogP contribution >= 0.6 is 11.6 Å². The average molecular weight is 565 g/mol. The number of likely N-dealkylation sites (tertiary alicyclic amines) is 1. The van der Waals surface area contributed by atoms with Crippen LogP contribution in [0.4, 0.5) is 5.69 Å². The maximum atomic E-state index is 11.6. The van der Waals surface area contributed by atoms with Crippen LogP contribution in [0.15, 0.2) is 72.8 Å². The van der Waals surface area contributed by atoms with Crippen LogP contribution < -0.4 is 5.32 Å². The summed E-state index contributed by atoms with van der Waals surface area (Å²) in [6, 6.07) is 22.9. The van der Waals surface area contributed by atoms with Crippen LogP contribution in [0.5, 0.6) is 0 Å². The Balaban J connectivity index is 1.34. The number of aliphatic hydroxyl groups excluding tert-OH is 1. The molecule has 8 heteroatoms. The average Bonchev–Trinajstić information content (AvgIpc) is 2.95. The van der Waals surface area contributed by atoms with Gasteiger partial charge in [0.2, 0.25) is 5.91 Å². The molecule has 0 bridgehead atoms. The predicted molar refractivity (Wildman–Crippen MR) is 155 cm³/mol. The maximum Gasteiger partial charge on any atom is 0.221 e. The summed E-state index contributed by atoms with van der Waals surface area (Å²) in [5.41, 5.74) is 3.42. The minimum Gasteiger partial charge on any atom is -0.392 e. The maximum absolute atomic E-state index is 11.6. The van der Waals surface area contributed by atoms with Crippen molar-refractivity contribution in [1.82, 2.24) is 4.90 Å². The molecule has 2 aliphatic rings. The van der Waals surface area contributed by atoms with Crippen molar-refractivity contribution in [2.75, 3.05) is 25.0 Å². The standard InChI is InChI=1S/C32H37ClN2O5/c1-21-29(19-35-16-14-32(38,15-17-35)26-10-12-27(33)13-11-26)39-31(25-4-3-5-28(18-25)34-22(2)37)40-30(21)24-8-6-23(20-36)7-9-24/h3-13,18,21,29-31,36,38H,14-17,19-20H2,1-2H3,(H,34,37)/t21-,29+,30+,31+/m1/s1. The van der Waals surface area contributed by atoms with Crippen LogP contribution in [0.1, 0.15) is 61.3 Å². The lowest BCUT2D eigenvalue weighted by Crippen LogP contribution is -2.49. The summed E-state index contributed by atoms with van der Waals surface area (Å²) in [5, 5.41) is 24.4. The van der Waals surface area contributed by atoms with E-state index in [0.29, 0.717) is 30.1 Å². The summed E-state index contributed by atoms with van der Waals surface area (Å²) >= 11 is 6.06. The first-order valence-corrected chi connectivity index (χ1v) is 14.2. The minimum atomic E-state index is -0.868. The van der Waals surface area contributed by atoms with Gasteiger partial charge >= 0.3 is 0 Å². The highest BCUT2D eigenvalue weighted by atomic mass is 35.5. The van der Waals surface area contributed by atoms with E-state index in [1.165, 1.54) is 6.92 Å². The molecule has 0 saturated carbocycles. The third-order valence-electron chi connectivity index (χ3n) is 8.11. The van der Waals surface area contributed by atoms with Crippen molar-refractivity contribution in [2.45, 2.75) is 57.4 Å². The summed E-state index contributed by atoms with van der Waals surface area (Å²) in [4.78, 5) is 14.0. The van der Waals surface area contributed by atoms with Crippen LogP contribution in [0.25, 0.3) is 0 Å². The zero-order valence-electron chi connectivity index (χ0n) is 22.9. The van der Waals surface area contributed by atoms with Crippen LogP contribution in [0, 0.1) is 5.92 Å². The van der Waals surface area contributed by atoms with Gasteiger partial charge in [-0.1, -0.05) is 67.1 Å². The molecule has 40 heavy (non-hydrogen) atoms. The van der Waals surface area contributed by atoms with Crippen LogP contribution in [-0.4, -0.2) is 46.8 Å². The second-order valence-electron chi connectivity index (χ2n) is 11.0. The number of hydrogen-bond donors (Lipinski definition) is 3. The van der Waals surface area contributed by atoms with Crippen LogP contribution in [0.2, 0.25) is 5.02 Å². The molecular weight excluding hydrogens is 528 g/mol. The number of nitrogens with zero attached hydrogens (tertiary/aromatic N) is 1. The van der Waals surface area contributed by atoms with E-state index in [1.54, 1.807) is 0 Å². The Kier molecular flexibility index (Phi) is 8.90. The molecule has 2 saturated heterocycles. The number of carbonyl (C=O) groups is 1. The number of aliphatic hydroxyl groups is 2. The Morgan fingerprint density at radius 3 is 2.38 bits per heavy atom. The van der Waals surface area contributed by atoms with E-state index < -0.39 is 11.9 Å². The fraction of sp³-hybridized carbons (Fsp3) is 0.406. The third-order valence-corrected chi connectivity index (χ3v) is 8.36. The topological polar surface area (TPSA) is 91.3 Å². The summed E-state index contributed by atoms with van der Waals surface area (Å²) in [5.74, 6) is -0.0912. The normalized spacial score (nSPS) is 24.9. The molecule has 0 unspecified atom stereocenters. The van der Waals surface area contributed by atoms with E-state index in [4.69, 9.17) is 21.1 Å². The molecule has 0 radical (unpaired) electrons. The molecule has 2 fully saturated rings. The van der Waals surface area contributed by atoms with Gasteiger partial charge in [-0.15, -0.1) is 0 Å². The highest BCUT2D eigenvalue weighted by molar-refractivity contribution is 6.30. The van der Waals surface area contributed by atoms with Crippen molar-refractivity contribution in [3.8, 4) is 0 Å². The van der Waals surface area contributed by atoms with E-state index in [1.807, 2.05) is 72.8 Å². The fourth-order valence-corrected chi connectivity index (χ4v) is 5.83. The Labute approximate surface area is 240 Å². The molecule has 5 rings (SSSR count). The number of carbonyl (C=O) groups excluding carboxylic acids is 1. The second-order valence-corrected chi connectivity index (χ2v) is 11.4. The molecule has 3 N–H and O–H groups in total. The first-order valence-electron chi connectivity index (χ1n) is 13.8. The number of ether oxygens (including phenoxy) is 2. The summed E-state index contributed by atoms with van der Waals surface area (Å²) < 4.78 is 13.2. The number of anilines is 1. The molecule has 1 amide bonds. The molecule has 2 heterocycles. The minimum absolute atomic E-state index is 0.0109. The lowest BCUT2D eigenvalue weighted by Gasteiger charge is -2.45. The molecular formula is C32H37ClN2O5. The van der Waals surface area contributed by atoms with E-state index in [9.17, 15) is 15.0 Å². The molecule has 0 spiro atoms. The lowest BCUT2D eigenvalue weighted by molar-refractivity contribution is -0.277. The molecule has 3 aromatic rings. The molecule has 2 aliphatic heterocycles. The smallest absolute Gasteiger partial charge is 0.221 e. The Bertz CT molecular complexity index is 1290. The number of hydrogen-bond acceptors (Lipinski definition) is 6. The van der Waals surface area contributed by atoms with Gasteiger partial charge in [-0.25, -0.2) is 0 Å². The number of benzene rings is 3. The van der Waals surface area contributed by atoms with Crippen molar-refractivity contribution in [3.05, 3.63) is 100 Å². The number of halogens is 1. The number of rotatable bonds is 7. The highest BCUT2D eigenvalue weighted by Crippen LogP contribution is 2.43. The van der Waals surface area contributed by atoms with Crippen LogP contribution in [-0.2, 0) is 26.5 Å². The van der Waals surface area contributed by atoms with Gasteiger partial charge < -0.3 is 29.9 Å². The summed E-state index contributed by atoms with van der Waals surface area (Å²) in [6.45, 7) is 5.80. The van der Waals surface area contributed by atoms with Crippen molar-refractivity contribution in [2.24, 2.45) is 5.92 Å². The van der Waals surface area contributed by atoms with Gasteiger partial charge in [0.25, 0.3) is 0 Å². The van der Waals surface area contributed by atoms with Gasteiger partial charge in [-0.05, 0) is 53.8 Å².